The average molecular weight is 379 g/mol. The summed E-state index contributed by atoms with van der Waals surface area (Å²) < 4.78 is 6.57. The van der Waals surface area contributed by atoms with Gasteiger partial charge in [-0.25, -0.2) is 9.67 Å². The number of anilines is 1. The quantitative estimate of drug-likeness (QED) is 0.730. The predicted octanol–water partition coefficient (Wildman–Crippen LogP) is 1.10. The van der Waals surface area contributed by atoms with Gasteiger partial charge in [0.2, 0.25) is 0 Å². The lowest BCUT2D eigenvalue weighted by molar-refractivity contribution is 0.0945. The van der Waals surface area contributed by atoms with Crippen LogP contribution >= 0.6 is 0 Å². The summed E-state index contributed by atoms with van der Waals surface area (Å²) in [6.45, 7) is 3.33. The van der Waals surface area contributed by atoms with Crippen molar-refractivity contribution >= 4 is 22.5 Å². The topological polar surface area (TPSA) is 89.3 Å². The molecule has 1 saturated heterocycles. The molecule has 28 heavy (non-hydrogen) atoms. The van der Waals surface area contributed by atoms with Gasteiger partial charge in [-0.15, -0.1) is 0 Å². The molecule has 1 aromatic carbocycles. The van der Waals surface area contributed by atoms with Gasteiger partial charge in [-0.1, -0.05) is 18.2 Å². The van der Waals surface area contributed by atoms with Gasteiger partial charge < -0.3 is 15.0 Å². The molecular formula is C20H21N5O3. The number of hydrogen-bond acceptors (Lipinski definition) is 6. The minimum Gasteiger partial charge on any atom is -0.378 e. The molecule has 0 spiro atoms. The molecule has 8 heteroatoms. The van der Waals surface area contributed by atoms with Crippen LogP contribution in [-0.4, -0.2) is 47.0 Å². The first-order valence-electron chi connectivity index (χ1n) is 9.15. The normalized spacial score (nSPS) is 14.2. The van der Waals surface area contributed by atoms with Crippen LogP contribution in [0.4, 0.5) is 5.82 Å². The Kier molecular flexibility index (Phi) is 5.03. The zero-order valence-electron chi connectivity index (χ0n) is 15.6. The number of morpholine rings is 1. The molecule has 1 N–H and O–H groups in total. The highest BCUT2D eigenvalue weighted by atomic mass is 16.5. The Morgan fingerprint density at radius 3 is 2.71 bits per heavy atom. The largest absolute Gasteiger partial charge is 0.378 e. The first-order valence-corrected chi connectivity index (χ1v) is 9.15. The van der Waals surface area contributed by atoms with Crippen molar-refractivity contribution in [3.63, 3.8) is 0 Å². The number of aryl methyl sites for hydroxylation is 1. The van der Waals surface area contributed by atoms with Crippen LogP contribution in [0.5, 0.6) is 0 Å². The summed E-state index contributed by atoms with van der Waals surface area (Å²) in [5.74, 6) is 0.553. The Bertz CT molecular complexity index is 1070. The van der Waals surface area contributed by atoms with Crippen LogP contribution in [0.3, 0.4) is 0 Å². The minimum atomic E-state index is -0.323. The molecule has 0 bridgehead atoms. The van der Waals surface area contributed by atoms with Gasteiger partial charge in [0.1, 0.15) is 5.82 Å². The first kappa shape index (κ1) is 18.1. The molecule has 4 rings (SSSR count). The highest BCUT2D eigenvalue weighted by Gasteiger charge is 2.16. The molecule has 0 radical (unpaired) electrons. The van der Waals surface area contributed by atoms with Crippen molar-refractivity contribution in [2.24, 2.45) is 7.05 Å². The number of carbonyl (C=O) groups is 1. The number of aromatic nitrogens is 3. The van der Waals surface area contributed by atoms with E-state index in [1.807, 2.05) is 12.1 Å². The highest BCUT2D eigenvalue weighted by molar-refractivity contribution is 6.04. The van der Waals surface area contributed by atoms with Gasteiger partial charge in [0.15, 0.2) is 5.69 Å². The van der Waals surface area contributed by atoms with Crippen molar-refractivity contribution in [3.05, 3.63) is 64.2 Å². The summed E-state index contributed by atoms with van der Waals surface area (Å²) in [5.41, 5.74) is 0.954. The number of amides is 1. The van der Waals surface area contributed by atoms with Gasteiger partial charge in [0.05, 0.1) is 18.6 Å². The van der Waals surface area contributed by atoms with Crippen LogP contribution in [-0.2, 0) is 18.3 Å². The molecule has 3 aromatic rings. The molecule has 0 saturated carbocycles. The standard InChI is InChI=1S/C20H21N5O3/c1-24-20(27)16-5-3-2-4-15(16)18(23-24)19(26)22-13-14-6-7-21-17(12-14)25-8-10-28-11-9-25/h2-7,12H,8-11,13H2,1H3,(H,22,26). The molecule has 1 amide bonds. The molecule has 1 aliphatic rings. The molecule has 144 valence electrons. The number of fused-ring (bicyclic) bond motifs is 1. The number of pyridine rings is 1. The summed E-state index contributed by atoms with van der Waals surface area (Å²) in [5, 5.41) is 8.08. The molecule has 0 unspecified atom stereocenters. The second-order valence-electron chi connectivity index (χ2n) is 6.63. The fraction of sp³-hybridized carbons (Fsp3) is 0.300. The number of nitrogens with zero attached hydrogens (tertiary/aromatic N) is 4. The van der Waals surface area contributed by atoms with E-state index in [1.165, 1.54) is 4.68 Å². The number of carbonyl (C=O) groups excluding carboxylic acids is 1. The lowest BCUT2D eigenvalue weighted by Gasteiger charge is -2.28. The van der Waals surface area contributed by atoms with E-state index in [-0.39, 0.29) is 17.2 Å². The molecule has 1 aliphatic heterocycles. The van der Waals surface area contributed by atoms with E-state index in [2.05, 4.69) is 20.3 Å². The Morgan fingerprint density at radius 1 is 1.18 bits per heavy atom. The summed E-state index contributed by atoms with van der Waals surface area (Å²) in [6, 6.07) is 10.8. The smallest absolute Gasteiger partial charge is 0.274 e. The third-order valence-electron chi connectivity index (χ3n) is 4.77. The average Bonchev–Trinajstić information content (AvgIpc) is 2.75. The van der Waals surface area contributed by atoms with Crippen molar-refractivity contribution in [2.45, 2.75) is 6.54 Å². The summed E-state index contributed by atoms with van der Waals surface area (Å²) in [6.07, 6.45) is 1.74. The van der Waals surface area contributed by atoms with Crippen molar-refractivity contribution < 1.29 is 9.53 Å². The van der Waals surface area contributed by atoms with Crippen LogP contribution in [0.25, 0.3) is 10.8 Å². The van der Waals surface area contributed by atoms with Gasteiger partial charge in [0.25, 0.3) is 11.5 Å². The van der Waals surface area contributed by atoms with Crippen molar-refractivity contribution in [2.75, 3.05) is 31.2 Å². The van der Waals surface area contributed by atoms with E-state index < -0.39 is 0 Å². The number of nitrogens with one attached hydrogen (secondary N) is 1. The maximum Gasteiger partial charge on any atom is 0.274 e. The third-order valence-corrected chi connectivity index (χ3v) is 4.77. The fourth-order valence-electron chi connectivity index (χ4n) is 3.27. The maximum absolute atomic E-state index is 12.8. The minimum absolute atomic E-state index is 0.226. The Balaban J connectivity index is 1.53. The SMILES string of the molecule is Cn1nc(C(=O)NCc2ccnc(N3CCOCC3)c2)c2ccccc2c1=O. The molecule has 2 aromatic heterocycles. The van der Waals surface area contributed by atoms with E-state index in [0.29, 0.717) is 30.5 Å². The summed E-state index contributed by atoms with van der Waals surface area (Å²) in [7, 11) is 1.54. The molecular weight excluding hydrogens is 358 g/mol. The van der Waals surface area contributed by atoms with Gasteiger partial charge in [-0.3, -0.25) is 9.59 Å². The lowest BCUT2D eigenvalue weighted by atomic mass is 10.1. The monoisotopic (exact) mass is 379 g/mol. The van der Waals surface area contributed by atoms with Crippen LogP contribution in [0.1, 0.15) is 16.1 Å². The van der Waals surface area contributed by atoms with E-state index in [1.54, 1.807) is 37.5 Å². The van der Waals surface area contributed by atoms with Crippen molar-refractivity contribution in [1.29, 1.82) is 0 Å². The zero-order chi connectivity index (χ0) is 19.5. The molecule has 8 nitrogen and oxygen atoms in total. The van der Waals surface area contributed by atoms with Gasteiger partial charge in [-0.2, -0.15) is 5.10 Å². The second kappa shape index (κ2) is 7.77. The fourth-order valence-corrected chi connectivity index (χ4v) is 3.27. The molecule has 1 fully saturated rings. The number of hydrogen-bond donors (Lipinski definition) is 1. The molecule has 0 aliphatic carbocycles. The highest BCUT2D eigenvalue weighted by Crippen LogP contribution is 2.15. The number of rotatable bonds is 4. The van der Waals surface area contributed by atoms with Crippen LogP contribution in [0.2, 0.25) is 0 Å². The Hall–Kier alpha value is -3.26. The maximum atomic E-state index is 12.8. The van der Waals surface area contributed by atoms with E-state index in [9.17, 15) is 9.59 Å². The predicted molar refractivity (Wildman–Crippen MR) is 105 cm³/mol. The first-order chi connectivity index (χ1) is 13.6. The van der Waals surface area contributed by atoms with Crippen molar-refractivity contribution in [3.8, 4) is 0 Å². The van der Waals surface area contributed by atoms with Gasteiger partial charge in [-0.05, 0) is 23.8 Å². The van der Waals surface area contributed by atoms with Crippen LogP contribution in [0.15, 0.2) is 47.4 Å². The van der Waals surface area contributed by atoms with Crippen molar-refractivity contribution in [1.82, 2.24) is 20.1 Å². The lowest BCUT2D eigenvalue weighted by Crippen LogP contribution is -2.36. The molecule has 3 heterocycles. The van der Waals surface area contributed by atoms with Gasteiger partial charge in [0, 0.05) is 38.3 Å². The summed E-state index contributed by atoms with van der Waals surface area (Å²) in [4.78, 5) is 31.6. The molecule has 0 atom stereocenters. The van der Waals surface area contributed by atoms with Crippen LogP contribution in [0, 0.1) is 0 Å². The number of ether oxygens (including phenoxy) is 1. The van der Waals surface area contributed by atoms with E-state index in [4.69, 9.17) is 4.74 Å². The zero-order valence-corrected chi connectivity index (χ0v) is 15.6. The second-order valence-corrected chi connectivity index (χ2v) is 6.63. The Morgan fingerprint density at radius 2 is 1.93 bits per heavy atom. The van der Waals surface area contributed by atoms with Crippen LogP contribution < -0.4 is 15.8 Å². The Labute approximate surface area is 161 Å². The van der Waals surface area contributed by atoms with E-state index in [0.717, 1.165) is 24.5 Å². The van der Waals surface area contributed by atoms with Gasteiger partial charge >= 0.3 is 0 Å². The summed E-state index contributed by atoms with van der Waals surface area (Å²) >= 11 is 0. The van der Waals surface area contributed by atoms with E-state index >= 15 is 0 Å². The number of benzene rings is 1. The third kappa shape index (κ3) is 3.59.